The number of hydrogen-bond donors (Lipinski definition) is 1. The van der Waals surface area contributed by atoms with Crippen LogP contribution in [0.2, 0.25) is 0 Å². The van der Waals surface area contributed by atoms with E-state index in [0.717, 1.165) is 18.2 Å². The minimum Gasteiger partial charge on any atom is -0.366 e. The number of benzene rings is 2. The van der Waals surface area contributed by atoms with Gasteiger partial charge in [0.1, 0.15) is 21.3 Å². The summed E-state index contributed by atoms with van der Waals surface area (Å²) in [6.45, 7) is 0. The molecule has 1 aliphatic rings. The summed E-state index contributed by atoms with van der Waals surface area (Å²) in [6.07, 6.45) is -3.95. The number of fused-ring (bicyclic) bond motifs is 1. The van der Waals surface area contributed by atoms with Crippen LogP contribution in [0, 0.1) is 17.5 Å². The molecule has 5 rings (SSSR count). The van der Waals surface area contributed by atoms with Crippen LogP contribution in [0.3, 0.4) is 0 Å². The molecule has 0 radical (unpaired) electrons. The zero-order valence-corrected chi connectivity index (χ0v) is 16.9. The molecule has 10 heteroatoms. The summed E-state index contributed by atoms with van der Waals surface area (Å²) in [5, 5.41) is 3.34. The fourth-order valence-electron chi connectivity index (χ4n) is 3.54. The van der Waals surface area contributed by atoms with Gasteiger partial charge in [0.05, 0.1) is 5.39 Å². The number of alkyl halides is 3. The maximum absolute atomic E-state index is 13.6. The summed E-state index contributed by atoms with van der Waals surface area (Å²) in [5.74, 6) is -2.14. The third kappa shape index (κ3) is 3.90. The molecule has 0 spiro atoms. The molecule has 2 atom stereocenters. The average Bonchev–Trinajstić information content (AvgIpc) is 3.35. The molecule has 32 heavy (non-hydrogen) atoms. The van der Waals surface area contributed by atoms with Crippen LogP contribution in [0.15, 0.2) is 48.5 Å². The summed E-state index contributed by atoms with van der Waals surface area (Å²) in [6, 6.07) is 9.74. The van der Waals surface area contributed by atoms with E-state index in [9.17, 15) is 26.3 Å². The molecular formula is C22H13F6N3S. The van der Waals surface area contributed by atoms with Gasteiger partial charge in [-0.15, -0.1) is 11.3 Å². The predicted octanol–water partition coefficient (Wildman–Crippen LogP) is 6.76. The Kier molecular flexibility index (Phi) is 4.85. The van der Waals surface area contributed by atoms with Crippen LogP contribution in [-0.2, 0) is 6.18 Å². The lowest BCUT2D eigenvalue weighted by Gasteiger charge is -2.09. The van der Waals surface area contributed by atoms with Gasteiger partial charge in [0.2, 0.25) is 0 Å². The number of nitrogens with one attached hydrogen (secondary N) is 1. The van der Waals surface area contributed by atoms with Crippen molar-refractivity contribution in [1.82, 2.24) is 9.97 Å². The minimum absolute atomic E-state index is 0.134. The molecular weight excluding hydrogens is 452 g/mol. The van der Waals surface area contributed by atoms with E-state index < -0.39 is 28.5 Å². The van der Waals surface area contributed by atoms with Crippen LogP contribution in [-0.4, -0.2) is 16.0 Å². The molecule has 0 saturated heterocycles. The number of anilines is 1. The molecule has 2 aromatic carbocycles. The highest BCUT2D eigenvalue weighted by Crippen LogP contribution is 2.45. The monoisotopic (exact) mass is 465 g/mol. The van der Waals surface area contributed by atoms with Gasteiger partial charge in [-0.3, -0.25) is 0 Å². The standard InChI is InChI=1S/C22H13F6N3S/c23-12-4-1-10(2-5-12)19-30-20(14-9-18(22(26,27)28)32-21(14)31-19)29-17-8-13(17)11-3-6-15(24)16(25)7-11/h1-7,9,13,17H,8H2,(H,29,30,31)/t13-,17+/m0/s1. The Morgan fingerprint density at radius 2 is 1.66 bits per heavy atom. The second-order valence-electron chi connectivity index (χ2n) is 7.50. The van der Waals surface area contributed by atoms with Gasteiger partial charge < -0.3 is 5.32 Å². The number of thiophene rings is 1. The van der Waals surface area contributed by atoms with E-state index in [0.29, 0.717) is 28.9 Å². The van der Waals surface area contributed by atoms with E-state index in [-0.39, 0.29) is 33.8 Å². The lowest BCUT2D eigenvalue weighted by Crippen LogP contribution is -2.07. The highest BCUT2D eigenvalue weighted by molar-refractivity contribution is 7.18. The summed E-state index contributed by atoms with van der Waals surface area (Å²) < 4.78 is 79.9. The van der Waals surface area contributed by atoms with Gasteiger partial charge in [0.25, 0.3) is 0 Å². The van der Waals surface area contributed by atoms with Crippen molar-refractivity contribution < 1.29 is 26.3 Å². The maximum atomic E-state index is 13.6. The lowest BCUT2D eigenvalue weighted by atomic mass is 10.1. The first-order chi connectivity index (χ1) is 15.2. The van der Waals surface area contributed by atoms with Gasteiger partial charge in [0, 0.05) is 17.5 Å². The quantitative estimate of drug-likeness (QED) is 0.338. The molecule has 1 fully saturated rings. The largest absolute Gasteiger partial charge is 0.425 e. The number of hydrogen-bond acceptors (Lipinski definition) is 4. The predicted molar refractivity (Wildman–Crippen MR) is 109 cm³/mol. The van der Waals surface area contributed by atoms with Gasteiger partial charge in [-0.2, -0.15) is 13.2 Å². The Morgan fingerprint density at radius 1 is 0.906 bits per heavy atom. The first kappa shape index (κ1) is 20.7. The van der Waals surface area contributed by atoms with Crippen molar-refractivity contribution in [1.29, 1.82) is 0 Å². The first-order valence-corrected chi connectivity index (χ1v) is 10.4. The van der Waals surface area contributed by atoms with Gasteiger partial charge in [0.15, 0.2) is 17.5 Å². The zero-order valence-electron chi connectivity index (χ0n) is 16.1. The molecule has 1 aliphatic carbocycles. The highest BCUT2D eigenvalue weighted by atomic mass is 32.1. The van der Waals surface area contributed by atoms with E-state index in [1.165, 1.54) is 30.3 Å². The van der Waals surface area contributed by atoms with Crippen molar-refractivity contribution in [2.75, 3.05) is 5.32 Å². The van der Waals surface area contributed by atoms with E-state index >= 15 is 0 Å². The minimum atomic E-state index is -4.54. The smallest absolute Gasteiger partial charge is 0.366 e. The molecule has 1 saturated carbocycles. The Morgan fingerprint density at radius 3 is 2.34 bits per heavy atom. The fraction of sp³-hybridized carbons (Fsp3) is 0.182. The molecule has 0 bridgehead atoms. The van der Waals surface area contributed by atoms with Crippen LogP contribution in [0.1, 0.15) is 22.8 Å². The normalized spacial score (nSPS) is 18.2. The fourth-order valence-corrected chi connectivity index (χ4v) is 4.44. The Bertz CT molecular complexity index is 1320. The van der Waals surface area contributed by atoms with Crippen molar-refractivity contribution in [3.05, 3.63) is 76.4 Å². The molecule has 164 valence electrons. The third-order valence-corrected chi connectivity index (χ3v) is 6.33. The van der Waals surface area contributed by atoms with Gasteiger partial charge >= 0.3 is 6.18 Å². The topological polar surface area (TPSA) is 37.8 Å². The van der Waals surface area contributed by atoms with Gasteiger partial charge in [-0.1, -0.05) is 6.07 Å². The first-order valence-electron chi connectivity index (χ1n) is 9.55. The highest BCUT2D eigenvalue weighted by Gasteiger charge is 2.40. The molecule has 1 N–H and O–H groups in total. The Balaban J connectivity index is 1.52. The second-order valence-corrected chi connectivity index (χ2v) is 8.53. The van der Waals surface area contributed by atoms with Crippen molar-refractivity contribution in [3.8, 4) is 11.4 Å². The summed E-state index contributed by atoms with van der Waals surface area (Å²) in [5.41, 5.74) is 1.04. The molecule has 0 unspecified atom stereocenters. The number of halogens is 6. The molecule has 4 aromatic rings. The maximum Gasteiger partial charge on any atom is 0.425 e. The molecule has 3 nitrogen and oxygen atoms in total. The van der Waals surface area contributed by atoms with Crippen LogP contribution in [0.4, 0.5) is 32.2 Å². The van der Waals surface area contributed by atoms with Crippen molar-refractivity contribution in [2.45, 2.75) is 24.6 Å². The van der Waals surface area contributed by atoms with Gasteiger partial charge in [-0.25, -0.2) is 23.1 Å². The van der Waals surface area contributed by atoms with Crippen molar-refractivity contribution >= 4 is 27.4 Å². The van der Waals surface area contributed by atoms with E-state index in [2.05, 4.69) is 15.3 Å². The summed E-state index contributed by atoms with van der Waals surface area (Å²) >= 11 is 0.497. The van der Waals surface area contributed by atoms with Crippen LogP contribution < -0.4 is 5.32 Å². The number of nitrogens with zero attached hydrogens (tertiary/aromatic N) is 2. The number of aromatic nitrogens is 2. The Hall–Kier alpha value is -3.14. The summed E-state index contributed by atoms with van der Waals surface area (Å²) in [7, 11) is 0. The third-order valence-electron chi connectivity index (χ3n) is 5.26. The zero-order chi connectivity index (χ0) is 22.6. The average molecular weight is 465 g/mol. The van der Waals surface area contributed by atoms with Crippen molar-refractivity contribution in [2.24, 2.45) is 0 Å². The summed E-state index contributed by atoms with van der Waals surface area (Å²) in [4.78, 5) is 7.97. The van der Waals surface area contributed by atoms with E-state index in [1.54, 1.807) is 0 Å². The Labute approximate surface area is 181 Å². The van der Waals surface area contributed by atoms with E-state index in [1.807, 2.05) is 0 Å². The van der Waals surface area contributed by atoms with Crippen LogP contribution in [0.25, 0.3) is 21.6 Å². The SMILES string of the molecule is Fc1ccc(-c2nc(N[C@@H]3C[C@H]3c3ccc(F)c(F)c3)c3cc(C(F)(F)F)sc3n2)cc1. The molecule has 0 aliphatic heterocycles. The second kappa shape index (κ2) is 7.47. The van der Waals surface area contributed by atoms with Gasteiger partial charge in [-0.05, 0) is 54.4 Å². The van der Waals surface area contributed by atoms with E-state index in [4.69, 9.17) is 0 Å². The van der Waals surface area contributed by atoms with Crippen molar-refractivity contribution in [3.63, 3.8) is 0 Å². The molecule has 2 aromatic heterocycles. The lowest BCUT2D eigenvalue weighted by molar-refractivity contribution is -0.134. The molecule has 2 heterocycles. The molecule has 0 amide bonds. The van der Waals surface area contributed by atoms with Crippen LogP contribution >= 0.6 is 11.3 Å². The number of rotatable bonds is 4. The van der Waals surface area contributed by atoms with Crippen LogP contribution in [0.5, 0.6) is 0 Å².